The third-order valence-corrected chi connectivity index (χ3v) is 7.25. The molecule has 0 fully saturated rings. The maximum atomic E-state index is 12.2. The molecule has 0 radical (unpaired) electrons. The molecule has 3 rings (SSSR count). The lowest BCUT2D eigenvalue weighted by Gasteiger charge is -2.03. The number of thioether (sulfide) groups is 2. The first-order valence-corrected chi connectivity index (χ1v) is 12.3. The lowest BCUT2D eigenvalue weighted by atomic mass is 10.1. The summed E-state index contributed by atoms with van der Waals surface area (Å²) in [5, 5.41) is 22.2. The molecule has 0 aliphatic rings. The average Bonchev–Trinajstić information content (AvgIpc) is 3.36. The van der Waals surface area contributed by atoms with Crippen molar-refractivity contribution in [1.82, 2.24) is 20.4 Å². The summed E-state index contributed by atoms with van der Waals surface area (Å²) in [4.78, 5) is 24.2. The molecule has 0 saturated heterocycles. The molecule has 2 heterocycles. The number of hydrogen-bond donors (Lipinski definition) is 2. The predicted octanol–water partition coefficient (Wildman–Crippen LogP) is 3.42. The van der Waals surface area contributed by atoms with Gasteiger partial charge in [0.2, 0.25) is 22.1 Å². The molecule has 0 atom stereocenters. The van der Waals surface area contributed by atoms with Gasteiger partial charge in [-0.05, 0) is 23.4 Å². The Bertz CT molecular complexity index is 992. The van der Waals surface area contributed by atoms with Gasteiger partial charge in [0.15, 0.2) is 8.68 Å². The number of anilines is 2. The summed E-state index contributed by atoms with van der Waals surface area (Å²) in [7, 11) is 1.59. The number of ether oxygens (including phenoxy) is 1. The summed E-state index contributed by atoms with van der Waals surface area (Å²) < 4.78 is 6.51. The van der Waals surface area contributed by atoms with Gasteiger partial charge in [-0.3, -0.25) is 14.9 Å². The molecular weight excluding hydrogens is 464 g/mol. The minimum absolute atomic E-state index is 0.157. The van der Waals surface area contributed by atoms with E-state index in [2.05, 4.69) is 31.0 Å². The maximum Gasteiger partial charge on any atom is 0.236 e. The predicted molar refractivity (Wildman–Crippen MR) is 121 cm³/mol. The second-order valence-corrected chi connectivity index (χ2v) is 10.3. The molecule has 2 amide bonds. The molecule has 3 aromatic rings. The zero-order valence-corrected chi connectivity index (χ0v) is 19.3. The highest BCUT2D eigenvalue weighted by Gasteiger charge is 2.13. The minimum atomic E-state index is -0.204. The van der Waals surface area contributed by atoms with Crippen molar-refractivity contribution in [3.8, 4) is 5.75 Å². The molecule has 2 N–H and O–H groups in total. The number of carbonyl (C=O) groups excluding carboxylic acids is 2. The number of aromatic nitrogens is 4. The van der Waals surface area contributed by atoms with Gasteiger partial charge in [0.05, 0.1) is 19.3 Å². The highest BCUT2D eigenvalue weighted by atomic mass is 32.2. The first kappa shape index (κ1) is 22.5. The summed E-state index contributed by atoms with van der Waals surface area (Å²) in [5.41, 5.74) is 0.862. The molecular formula is C17H18N6O3S4. The van der Waals surface area contributed by atoms with Crippen LogP contribution in [0.4, 0.5) is 10.3 Å². The van der Waals surface area contributed by atoms with Gasteiger partial charge in [-0.1, -0.05) is 65.3 Å². The Balaban J connectivity index is 1.43. The SMILES string of the molecule is CCSc1nnc(NC(=O)CSc2nnc(NC(=O)Cc3ccc(OC)cc3)s2)s1. The second kappa shape index (κ2) is 11.2. The molecule has 9 nitrogen and oxygen atoms in total. The lowest BCUT2D eigenvalue weighted by Crippen LogP contribution is -2.14. The number of methoxy groups -OCH3 is 1. The third kappa shape index (κ3) is 6.93. The van der Waals surface area contributed by atoms with Crippen LogP contribution in [-0.2, 0) is 16.0 Å². The quantitative estimate of drug-likeness (QED) is 0.331. The number of hydrogen-bond acceptors (Lipinski definition) is 11. The lowest BCUT2D eigenvalue weighted by molar-refractivity contribution is -0.115. The van der Waals surface area contributed by atoms with Gasteiger partial charge in [-0.15, -0.1) is 20.4 Å². The van der Waals surface area contributed by atoms with Gasteiger partial charge in [0.25, 0.3) is 0 Å². The van der Waals surface area contributed by atoms with Gasteiger partial charge < -0.3 is 10.1 Å². The fraction of sp³-hybridized carbons (Fsp3) is 0.294. The summed E-state index contributed by atoms with van der Waals surface area (Å²) in [6.45, 7) is 2.03. The third-order valence-electron chi connectivity index (χ3n) is 3.42. The van der Waals surface area contributed by atoms with Crippen LogP contribution in [0.1, 0.15) is 12.5 Å². The molecule has 13 heteroatoms. The van der Waals surface area contributed by atoms with Crippen molar-refractivity contribution in [1.29, 1.82) is 0 Å². The number of nitrogens with zero attached hydrogens (tertiary/aromatic N) is 4. The highest BCUT2D eigenvalue weighted by Crippen LogP contribution is 2.27. The van der Waals surface area contributed by atoms with Crippen LogP contribution in [-0.4, -0.2) is 50.8 Å². The molecule has 0 spiro atoms. The normalized spacial score (nSPS) is 10.6. The van der Waals surface area contributed by atoms with Gasteiger partial charge in [0.1, 0.15) is 5.75 Å². The number of benzene rings is 1. The summed E-state index contributed by atoms with van der Waals surface area (Å²) >= 11 is 5.37. The molecule has 0 aliphatic heterocycles. The van der Waals surface area contributed by atoms with Crippen LogP contribution in [0.5, 0.6) is 5.75 Å². The Morgan fingerprint density at radius 1 is 0.933 bits per heavy atom. The van der Waals surface area contributed by atoms with Crippen molar-refractivity contribution >= 4 is 68.3 Å². The first-order valence-electron chi connectivity index (χ1n) is 8.71. The number of rotatable bonds is 10. The summed E-state index contributed by atoms with van der Waals surface area (Å²) in [6, 6.07) is 7.28. The van der Waals surface area contributed by atoms with Crippen LogP contribution in [0.15, 0.2) is 32.9 Å². The fourth-order valence-corrected chi connectivity index (χ4v) is 5.37. The topological polar surface area (TPSA) is 119 Å². The number of nitrogens with one attached hydrogen (secondary N) is 2. The van der Waals surface area contributed by atoms with E-state index < -0.39 is 0 Å². The van der Waals surface area contributed by atoms with E-state index in [4.69, 9.17) is 4.74 Å². The van der Waals surface area contributed by atoms with Crippen LogP contribution < -0.4 is 15.4 Å². The first-order chi connectivity index (χ1) is 14.6. The smallest absolute Gasteiger partial charge is 0.236 e. The van der Waals surface area contributed by atoms with E-state index >= 15 is 0 Å². The van der Waals surface area contributed by atoms with Gasteiger partial charge in [-0.25, -0.2) is 0 Å². The standard InChI is InChI=1S/C17H18N6O3S4/c1-3-27-16-22-21-15(29-16)19-13(25)9-28-17-23-20-14(30-17)18-12(24)8-10-4-6-11(26-2)7-5-10/h4-7H,3,8-9H2,1-2H3,(H,18,20,24)(H,19,21,25). The highest BCUT2D eigenvalue weighted by molar-refractivity contribution is 8.01. The molecule has 2 aromatic heterocycles. The van der Waals surface area contributed by atoms with E-state index in [1.54, 1.807) is 31.0 Å². The monoisotopic (exact) mass is 482 g/mol. The Morgan fingerprint density at radius 2 is 1.53 bits per heavy atom. The second-order valence-electron chi connectivity index (χ2n) is 5.59. The molecule has 30 heavy (non-hydrogen) atoms. The van der Waals surface area contributed by atoms with Crippen molar-refractivity contribution in [2.75, 3.05) is 29.2 Å². The zero-order valence-electron chi connectivity index (χ0n) is 16.1. The van der Waals surface area contributed by atoms with Crippen LogP contribution in [0.25, 0.3) is 0 Å². The van der Waals surface area contributed by atoms with E-state index in [1.807, 2.05) is 19.1 Å². The maximum absolute atomic E-state index is 12.2. The Labute approximate surface area is 189 Å². The summed E-state index contributed by atoms with van der Waals surface area (Å²) in [5.74, 6) is 1.39. The van der Waals surface area contributed by atoms with E-state index in [0.29, 0.717) is 14.6 Å². The number of carbonyl (C=O) groups is 2. The Hall–Kier alpha value is -2.22. The van der Waals surface area contributed by atoms with E-state index in [0.717, 1.165) is 21.4 Å². The van der Waals surface area contributed by atoms with Crippen molar-refractivity contribution in [3.05, 3.63) is 29.8 Å². The van der Waals surface area contributed by atoms with Crippen LogP contribution in [0.2, 0.25) is 0 Å². The van der Waals surface area contributed by atoms with Gasteiger partial charge in [0, 0.05) is 0 Å². The Morgan fingerprint density at radius 3 is 2.13 bits per heavy atom. The van der Waals surface area contributed by atoms with Crippen LogP contribution >= 0.6 is 46.2 Å². The minimum Gasteiger partial charge on any atom is -0.497 e. The average molecular weight is 483 g/mol. The van der Waals surface area contributed by atoms with Crippen molar-refractivity contribution in [2.45, 2.75) is 22.0 Å². The fourth-order valence-electron chi connectivity index (χ4n) is 2.14. The molecule has 1 aromatic carbocycles. The molecule has 158 valence electrons. The molecule has 0 aliphatic carbocycles. The number of amides is 2. The van der Waals surface area contributed by atoms with Gasteiger partial charge >= 0.3 is 0 Å². The van der Waals surface area contributed by atoms with Crippen LogP contribution in [0.3, 0.4) is 0 Å². The van der Waals surface area contributed by atoms with Crippen molar-refractivity contribution in [2.24, 2.45) is 0 Å². The largest absolute Gasteiger partial charge is 0.497 e. The molecule has 0 saturated carbocycles. The van der Waals surface area contributed by atoms with Crippen LogP contribution in [0, 0.1) is 0 Å². The molecule has 0 unspecified atom stereocenters. The van der Waals surface area contributed by atoms with Crippen molar-refractivity contribution in [3.63, 3.8) is 0 Å². The van der Waals surface area contributed by atoms with Crippen molar-refractivity contribution < 1.29 is 14.3 Å². The van der Waals surface area contributed by atoms with Gasteiger partial charge in [-0.2, -0.15) is 0 Å². The summed E-state index contributed by atoms with van der Waals surface area (Å²) in [6.07, 6.45) is 0.217. The zero-order chi connectivity index (χ0) is 21.3. The van der Waals surface area contributed by atoms with E-state index in [9.17, 15) is 9.59 Å². The van der Waals surface area contributed by atoms with E-state index in [1.165, 1.54) is 34.4 Å². The molecule has 0 bridgehead atoms. The van der Waals surface area contributed by atoms with E-state index in [-0.39, 0.29) is 24.0 Å². The Kier molecular flexibility index (Phi) is 8.42.